The van der Waals surface area contributed by atoms with Crippen LogP contribution in [0.3, 0.4) is 0 Å². The average molecular weight is 1000 g/mol. The van der Waals surface area contributed by atoms with E-state index in [4.69, 9.17) is 4.42 Å². The van der Waals surface area contributed by atoms with Crippen LogP contribution in [0.1, 0.15) is 51.7 Å². The SMILES string of the molecule is CCCCc1cc2oc3ccccc3c2cc1-c1cc(-c2ccccc2)cc2c1Nc1cc(C(C)(C)C)cc3c1B2c1cc(-c2ccccc2)ccc1N3c1c(-c2ccccc2)cc(-c2ccccc2)cc1-c1ccccc1. The molecule has 12 aromatic rings. The first-order chi connectivity index (χ1) is 38.3. The van der Waals surface area contributed by atoms with Crippen LogP contribution in [-0.2, 0) is 11.8 Å². The monoisotopic (exact) mass is 1000 g/mol. The van der Waals surface area contributed by atoms with Gasteiger partial charge in [0.05, 0.1) is 5.69 Å². The molecule has 1 aromatic heterocycles. The lowest BCUT2D eigenvalue weighted by molar-refractivity contribution is 0.591. The zero-order chi connectivity index (χ0) is 52.5. The largest absolute Gasteiger partial charge is 0.456 e. The van der Waals surface area contributed by atoms with Crippen molar-refractivity contribution in [3.05, 3.63) is 254 Å². The van der Waals surface area contributed by atoms with Crippen molar-refractivity contribution in [2.24, 2.45) is 0 Å². The number of rotatable bonds is 10. The molecule has 4 heteroatoms. The standard InChI is InChI=1S/C74H59BN2O/c1-5-6-24-54-44-70-62(58-35-22-23-36-69(58)78-70)47-59(54)63-41-56(50-29-16-9-17-30-50)43-65-72(63)76-66-45-57(74(2,3)4)46-68-71(66)75(65)64-42-53(48-25-12-7-13-26-48)37-38-67(64)77(68)73-60(51-31-18-10-19-32-51)39-55(49-27-14-8-15-28-49)40-61(73)52-33-20-11-21-34-52/h7-23,25-47,76H,5-6,24H2,1-4H3. The Kier molecular flexibility index (Phi) is 11.6. The Bertz CT molecular complexity index is 4180. The Labute approximate surface area is 458 Å². The molecule has 3 nitrogen and oxygen atoms in total. The summed E-state index contributed by atoms with van der Waals surface area (Å²) >= 11 is 0. The summed E-state index contributed by atoms with van der Waals surface area (Å²) < 4.78 is 6.63. The first-order valence-electron chi connectivity index (χ1n) is 27.7. The van der Waals surface area contributed by atoms with Gasteiger partial charge in [-0.15, -0.1) is 0 Å². The van der Waals surface area contributed by atoms with Crippen molar-refractivity contribution in [1.82, 2.24) is 0 Å². The lowest BCUT2D eigenvalue weighted by Gasteiger charge is -2.43. The summed E-state index contributed by atoms with van der Waals surface area (Å²) in [5.74, 6) is 0. The Morgan fingerprint density at radius 1 is 0.436 bits per heavy atom. The molecular formula is C74H59BN2O. The van der Waals surface area contributed by atoms with Crippen molar-refractivity contribution in [3.8, 4) is 66.8 Å². The van der Waals surface area contributed by atoms with Crippen LogP contribution in [0.25, 0.3) is 88.7 Å². The van der Waals surface area contributed by atoms with E-state index in [0.29, 0.717) is 0 Å². The van der Waals surface area contributed by atoms with Crippen LogP contribution >= 0.6 is 0 Å². The molecule has 3 heterocycles. The quantitative estimate of drug-likeness (QED) is 0.138. The molecule has 0 saturated heterocycles. The van der Waals surface area contributed by atoms with Crippen molar-refractivity contribution in [3.63, 3.8) is 0 Å². The molecule has 0 spiro atoms. The van der Waals surface area contributed by atoms with Gasteiger partial charge in [0.1, 0.15) is 11.2 Å². The second-order valence-electron chi connectivity index (χ2n) is 22.3. The first kappa shape index (κ1) is 47.3. The smallest absolute Gasteiger partial charge is 0.252 e. The number of anilines is 5. The zero-order valence-corrected chi connectivity index (χ0v) is 44.6. The number of nitrogens with one attached hydrogen (secondary N) is 1. The summed E-state index contributed by atoms with van der Waals surface area (Å²) in [4.78, 5) is 2.64. The van der Waals surface area contributed by atoms with Crippen molar-refractivity contribution in [2.75, 3.05) is 10.2 Å². The first-order valence-corrected chi connectivity index (χ1v) is 27.7. The van der Waals surface area contributed by atoms with Crippen LogP contribution < -0.4 is 26.6 Å². The van der Waals surface area contributed by atoms with Crippen LogP contribution in [0.4, 0.5) is 28.4 Å². The molecule has 78 heavy (non-hydrogen) atoms. The van der Waals surface area contributed by atoms with E-state index in [-0.39, 0.29) is 12.1 Å². The summed E-state index contributed by atoms with van der Waals surface area (Å²) in [5.41, 5.74) is 28.1. The van der Waals surface area contributed by atoms with Crippen LogP contribution in [0.2, 0.25) is 0 Å². The highest BCUT2D eigenvalue weighted by Gasteiger charge is 2.44. The fourth-order valence-electron chi connectivity index (χ4n) is 12.5. The lowest BCUT2D eigenvalue weighted by Crippen LogP contribution is -2.60. The van der Waals surface area contributed by atoms with E-state index < -0.39 is 0 Å². The van der Waals surface area contributed by atoms with E-state index in [0.717, 1.165) is 69.4 Å². The van der Waals surface area contributed by atoms with Gasteiger partial charge in [0, 0.05) is 50.2 Å². The summed E-state index contributed by atoms with van der Waals surface area (Å²) in [6.07, 6.45) is 3.11. The van der Waals surface area contributed by atoms with E-state index in [1.165, 1.54) is 94.5 Å². The molecule has 2 aliphatic heterocycles. The van der Waals surface area contributed by atoms with Gasteiger partial charge in [-0.2, -0.15) is 0 Å². The van der Waals surface area contributed by atoms with Gasteiger partial charge in [-0.05, 0) is 150 Å². The molecule has 0 aliphatic carbocycles. The summed E-state index contributed by atoms with van der Waals surface area (Å²) in [7, 11) is 0. The third kappa shape index (κ3) is 8.14. The third-order valence-electron chi connectivity index (χ3n) is 16.4. The number of hydrogen-bond acceptors (Lipinski definition) is 3. The highest BCUT2D eigenvalue weighted by atomic mass is 16.3. The van der Waals surface area contributed by atoms with Crippen LogP contribution in [0.15, 0.2) is 247 Å². The number of para-hydroxylation sites is 1. The molecular weight excluding hydrogens is 944 g/mol. The second kappa shape index (κ2) is 19.2. The number of benzene rings is 11. The van der Waals surface area contributed by atoms with Gasteiger partial charge in [-0.25, -0.2) is 0 Å². The Morgan fingerprint density at radius 3 is 1.58 bits per heavy atom. The number of aryl methyl sites for hydroxylation is 1. The van der Waals surface area contributed by atoms with Crippen LogP contribution in [0.5, 0.6) is 0 Å². The minimum atomic E-state index is -0.186. The van der Waals surface area contributed by atoms with Gasteiger partial charge in [0.15, 0.2) is 0 Å². The van der Waals surface area contributed by atoms with Gasteiger partial charge in [-0.1, -0.05) is 222 Å². The van der Waals surface area contributed by atoms with E-state index in [2.05, 4.69) is 281 Å². The Balaban J connectivity index is 1.12. The van der Waals surface area contributed by atoms with Crippen molar-refractivity contribution in [1.29, 1.82) is 0 Å². The van der Waals surface area contributed by atoms with Crippen LogP contribution in [-0.4, -0.2) is 6.71 Å². The van der Waals surface area contributed by atoms with Gasteiger partial charge >= 0.3 is 0 Å². The molecule has 0 unspecified atom stereocenters. The minimum absolute atomic E-state index is 0.140. The molecule has 0 atom stereocenters. The summed E-state index contributed by atoms with van der Waals surface area (Å²) in [5, 5.41) is 6.60. The average Bonchev–Trinajstić information content (AvgIpc) is 3.71. The molecule has 0 amide bonds. The van der Waals surface area contributed by atoms with Crippen molar-refractivity contribution >= 4 is 73.5 Å². The maximum atomic E-state index is 6.63. The van der Waals surface area contributed by atoms with E-state index >= 15 is 0 Å². The number of fused-ring (bicyclic) bond motifs is 7. The molecule has 0 saturated carbocycles. The Morgan fingerprint density at radius 2 is 0.974 bits per heavy atom. The Hall–Kier alpha value is -9.12. The van der Waals surface area contributed by atoms with Gasteiger partial charge < -0.3 is 14.6 Å². The van der Waals surface area contributed by atoms with Crippen molar-refractivity contribution < 1.29 is 4.42 Å². The molecule has 374 valence electrons. The number of unbranched alkanes of at least 4 members (excludes halogenated alkanes) is 1. The van der Waals surface area contributed by atoms with Gasteiger partial charge in [-0.3, -0.25) is 0 Å². The van der Waals surface area contributed by atoms with Gasteiger partial charge in [0.25, 0.3) is 6.71 Å². The molecule has 2 aliphatic rings. The van der Waals surface area contributed by atoms with Gasteiger partial charge in [0.2, 0.25) is 0 Å². The fourth-order valence-corrected chi connectivity index (χ4v) is 12.5. The predicted octanol–water partition coefficient (Wildman–Crippen LogP) is 18.6. The topological polar surface area (TPSA) is 28.4 Å². The zero-order valence-electron chi connectivity index (χ0n) is 44.6. The van der Waals surface area contributed by atoms with Crippen LogP contribution in [0, 0.1) is 0 Å². The lowest BCUT2D eigenvalue weighted by atomic mass is 9.33. The molecule has 14 rings (SSSR count). The molecule has 1 N–H and O–H groups in total. The molecule has 0 fully saturated rings. The van der Waals surface area contributed by atoms with E-state index in [9.17, 15) is 0 Å². The van der Waals surface area contributed by atoms with E-state index in [1.54, 1.807) is 0 Å². The van der Waals surface area contributed by atoms with Crippen molar-refractivity contribution in [2.45, 2.75) is 52.4 Å². The van der Waals surface area contributed by atoms with E-state index in [1.807, 2.05) is 0 Å². The fraction of sp³-hybridized carbons (Fsp3) is 0.108. The highest BCUT2D eigenvalue weighted by Crippen LogP contribution is 2.52. The third-order valence-corrected chi connectivity index (χ3v) is 16.4. The maximum Gasteiger partial charge on any atom is 0.252 e. The number of hydrogen-bond donors (Lipinski definition) is 1. The normalized spacial score (nSPS) is 12.6. The molecule has 0 radical (unpaired) electrons. The summed E-state index contributed by atoms with van der Waals surface area (Å²) in [6, 6.07) is 90.2. The summed E-state index contributed by atoms with van der Waals surface area (Å²) in [6.45, 7) is 9.20. The number of furan rings is 1. The maximum absolute atomic E-state index is 6.63. The molecule has 0 bridgehead atoms. The second-order valence-corrected chi connectivity index (χ2v) is 22.3. The number of nitrogens with zero attached hydrogens (tertiary/aromatic N) is 1. The predicted molar refractivity (Wildman–Crippen MR) is 333 cm³/mol. The molecule has 11 aromatic carbocycles. The highest BCUT2D eigenvalue weighted by molar-refractivity contribution is 7.00. The minimum Gasteiger partial charge on any atom is -0.456 e.